The Labute approximate surface area is 144 Å². The van der Waals surface area contributed by atoms with Crippen molar-refractivity contribution in [1.82, 2.24) is 14.3 Å². The third-order valence-electron chi connectivity index (χ3n) is 4.78. The summed E-state index contributed by atoms with van der Waals surface area (Å²) in [4.78, 5) is 26.4. The van der Waals surface area contributed by atoms with E-state index in [1.165, 1.54) is 11.7 Å². The van der Waals surface area contributed by atoms with Gasteiger partial charge >= 0.3 is 5.69 Å². The monoisotopic (exact) mass is 344 g/mol. The first kappa shape index (κ1) is 15.7. The molecule has 0 aliphatic carbocycles. The zero-order valence-corrected chi connectivity index (χ0v) is 14.3. The molecule has 1 saturated heterocycles. The summed E-state index contributed by atoms with van der Waals surface area (Å²) in [6, 6.07) is 5.91. The van der Waals surface area contributed by atoms with E-state index in [0.29, 0.717) is 19.0 Å². The van der Waals surface area contributed by atoms with E-state index in [1.54, 1.807) is 7.05 Å². The fourth-order valence-electron chi connectivity index (χ4n) is 3.50. The molecule has 1 fully saturated rings. The molecule has 0 amide bonds. The van der Waals surface area contributed by atoms with Crippen LogP contribution < -0.4 is 25.6 Å². The molecule has 25 heavy (non-hydrogen) atoms. The Morgan fingerprint density at radius 2 is 1.88 bits per heavy atom. The van der Waals surface area contributed by atoms with E-state index >= 15 is 0 Å². The summed E-state index contributed by atoms with van der Waals surface area (Å²) in [6.07, 6.45) is 1.86. The van der Waals surface area contributed by atoms with Crippen molar-refractivity contribution in [2.45, 2.75) is 18.9 Å². The molecule has 1 atom stereocenters. The van der Waals surface area contributed by atoms with Crippen LogP contribution in [0.2, 0.25) is 0 Å². The molecule has 0 unspecified atom stereocenters. The van der Waals surface area contributed by atoms with E-state index < -0.39 is 5.69 Å². The summed E-state index contributed by atoms with van der Waals surface area (Å²) in [7, 11) is 3.03. The molecule has 2 aliphatic rings. The van der Waals surface area contributed by atoms with Gasteiger partial charge in [-0.1, -0.05) is 6.07 Å². The van der Waals surface area contributed by atoms with Crippen LogP contribution in [0, 0.1) is 0 Å². The smallest absolute Gasteiger partial charge is 0.346 e. The summed E-state index contributed by atoms with van der Waals surface area (Å²) < 4.78 is 13.5. The maximum Gasteiger partial charge on any atom is 0.346 e. The Morgan fingerprint density at radius 3 is 2.68 bits per heavy atom. The molecule has 1 aromatic carbocycles. The number of hydrogen-bond acceptors (Lipinski definition) is 6. The molecule has 0 radical (unpaired) electrons. The lowest BCUT2D eigenvalue weighted by Crippen LogP contribution is -2.43. The molecule has 0 spiro atoms. The topological polar surface area (TPSA) is 78.6 Å². The molecule has 8 heteroatoms. The predicted octanol–water partition coefficient (Wildman–Crippen LogP) is 0.592. The number of hydrogen-bond donors (Lipinski definition) is 0. The molecule has 2 aromatic rings. The van der Waals surface area contributed by atoms with Crippen LogP contribution >= 0.6 is 0 Å². The van der Waals surface area contributed by atoms with Gasteiger partial charge in [0.1, 0.15) is 13.2 Å². The highest BCUT2D eigenvalue weighted by molar-refractivity contribution is 5.48. The molecule has 0 saturated carbocycles. The van der Waals surface area contributed by atoms with E-state index in [1.807, 2.05) is 23.1 Å². The molecule has 3 heterocycles. The van der Waals surface area contributed by atoms with Crippen LogP contribution in [0.1, 0.15) is 24.4 Å². The third-order valence-corrected chi connectivity index (χ3v) is 4.78. The van der Waals surface area contributed by atoms with Crippen molar-refractivity contribution >= 4 is 5.82 Å². The van der Waals surface area contributed by atoms with E-state index in [-0.39, 0.29) is 11.6 Å². The minimum Gasteiger partial charge on any atom is -0.486 e. The normalized spacial score (nSPS) is 19.3. The van der Waals surface area contributed by atoms with Gasteiger partial charge in [0.25, 0.3) is 5.56 Å². The van der Waals surface area contributed by atoms with Gasteiger partial charge in [-0.3, -0.25) is 9.36 Å². The first-order valence-electron chi connectivity index (χ1n) is 8.37. The van der Waals surface area contributed by atoms with E-state index in [0.717, 1.165) is 41.0 Å². The van der Waals surface area contributed by atoms with Crippen LogP contribution in [0.25, 0.3) is 0 Å². The second kappa shape index (κ2) is 5.94. The van der Waals surface area contributed by atoms with Crippen molar-refractivity contribution in [3.63, 3.8) is 0 Å². The van der Waals surface area contributed by atoms with Gasteiger partial charge in [-0.05, 0) is 30.5 Å². The molecule has 4 rings (SSSR count). The number of rotatable bonds is 2. The molecular weight excluding hydrogens is 324 g/mol. The van der Waals surface area contributed by atoms with Crippen LogP contribution in [0.5, 0.6) is 11.5 Å². The fraction of sp³-hybridized carbons (Fsp3) is 0.471. The van der Waals surface area contributed by atoms with Gasteiger partial charge in [0.2, 0.25) is 5.82 Å². The average Bonchev–Trinajstić information content (AvgIpc) is 3.12. The van der Waals surface area contributed by atoms with Gasteiger partial charge in [0, 0.05) is 20.6 Å². The number of aromatic nitrogens is 3. The SMILES string of the molecule is Cn1nc(N2CCC[C@H]2c2ccc3c(c2)OCCO3)c(=O)n(C)c1=O. The molecule has 2 aliphatic heterocycles. The van der Waals surface area contributed by atoms with Crippen molar-refractivity contribution in [2.75, 3.05) is 24.7 Å². The highest BCUT2D eigenvalue weighted by atomic mass is 16.6. The molecule has 132 valence electrons. The standard InChI is InChI=1S/C17H20N4O4/c1-19-16(22)15(18-20(2)17(19)23)21-7-3-4-12(21)11-5-6-13-14(10-11)25-9-8-24-13/h5-6,10,12H,3-4,7-9H2,1-2H3/t12-/m0/s1. The first-order valence-corrected chi connectivity index (χ1v) is 8.37. The Balaban J connectivity index is 1.75. The molecule has 1 aromatic heterocycles. The molecule has 0 N–H and O–H groups in total. The molecular formula is C17H20N4O4. The summed E-state index contributed by atoms with van der Waals surface area (Å²) in [5.74, 6) is 1.79. The number of nitrogens with zero attached hydrogens (tertiary/aromatic N) is 4. The molecule has 0 bridgehead atoms. The Morgan fingerprint density at radius 1 is 1.12 bits per heavy atom. The Bertz CT molecular complexity index is 933. The quantitative estimate of drug-likeness (QED) is 0.793. The summed E-state index contributed by atoms with van der Waals surface area (Å²) in [6.45, 7) is 1.81. The van der Waals surface area contributed by atoms with Crippen molar-refractivity contribution in [1.29, 1.82) is 0 Å². The zero-order valence-electron chi connectivity index (χ0n) is 14.3. The fourth-order valence-corrected chi connectivity index (χ4v) is 3.50. The minimum absolute atomic E-state index is 0.0218. The van der Waals surface area contributed by atoms with Gasteiger partial charge < -0.3 is 14.4 Å². The van der Waals surface area contributed by atoms with E-state index in [2.05, 4.69) is 5.10 Å². The Kier molecular flexibility index (Phi) is 3.74. The zero-order chi connectivity index (χ0) is 17.6. The second-order valence-electron chi connectivity index (χ2n) is 6.35. The van der Waals surface area contributed by atoms with Crippen LogP contribution in [0.15, 0.2) is 27.8 Å². The van der Waals surface area contributed by atoms with Crippen LogP contribution in [-0.4, -0.2) is 34.1 Å². The summed E-state index contributed by atoms with van der Waals surface area (Å²) in [5.41, 5.74) is 0.260. The average molecular weight is 344 g/mol. The van der Waals surface area contributed by atoms with Gasteiger partial charge in [-0.25, -0.2) is 9.48 Å². The number of anilines is 1. The van der Waals surface area contributed by atoms with Gasteiger partial charge in [-0.15, -0.1) is 5.10 Å². The van der Waals surface area contributed by atoms with Crippen molar-refractivity contribution in [3.8, 4) is 11.5 Å². The van der Waals surface area contributed by atoms with Gasteiger partial charge in [-0.2, -0.15) is 0 Å². The predicted molar refractivity (Wildman–Crippen MR) is 91.5 cm³/mol. The highest BCUT2D eigenvalue weighted by Gasteiger charge is 2.31. The lowest BCUT2D eigenvalue weighted by molar-refractivity contribution is 0.171. The number of fused-ring (bicyclic) bond motifs is 1. The second-order valence-corrected chi connectivity index (χ2v) is 6.35. The van der Waals surface area contributed by atoms with Crippen LogP contribution in [0.4, 0.5) is 5.82 Å². The molecule has 8 nitrogen and oxygen atoms in total. The number of benzene rings is 1. The van der Waals surface area contributed by atoms with Crippen molar-refractivity contribution < 1.29 is 9.47 Å². The van der Waals surface area contributed by atoms with Crippen LogP contribution in [0.3, 0.4) is 0 Å². The largest absolute Gasteiger partial charge is 0.486 e. The highest BCUT2D eigenvalue weighted by Crippen LogP contribution is 2.38. The maximum absolute atomic E-state index is 12.5. The third kappa shape index (κ3) is 2.57. The number of ether oxygens (including phenoxy) is 2. The van der Waals surface area contributed by atoms with Gasteiger partial charge in [0.15, 0.2) is 11.5 Å². The summed E-state index contributed by atoms with van der Waals surface area (Å²) >= 11 is 0. The van der Waals surface area contributed by atoms with Gasteiger partial charge in [0.05, 0.1) is 6.04 Å². The first-order chi connectivity index (χ1) is 12.1. The maximum atomic E-state index is 12.5. The van der Waals surface area contributed by atoms with Crippen LogP contribution in [-0.2, 0) is 14.1 Å². The van der Waals surface area contributed by atoms with Crippen molar-refractivity contribution in [3.05, 3.63) is 44.6 Å². The summed E-state index contributed by atoms with van der Waals surface area (Å²) in [5, 5.41) is 4.22. The number of aryl methyl sites for hydroxylation is 1. The lowest BCUT2D eigenvalue weighted by atomic mass is 10.0. The van der Waals surface area contributed by atoms with E-state index in [9.17, 15) is 9.59 Å². The van der Waals surface area contributed by atoms with Crippen molar-refractivity contribution in [2.24, 2.45) is 14.1 Å². The Hall–Kier alpha value is -2.77. The lowest BCUT2D eigenvalue weighted by Gasteiger charge is -2.27. The minimum atomic E-state index is -0.427. The van der Waals surface area contributed by atoms with E-state index in [4.69, 9.17) is 9.47 Å².